The molecular formula is C23H25N3O2. The van der Waals surface area contributed by atoms with Crippen molar-refractivity contribution in [3.63, 3.8) is 0 Å². The highest BCUT2D eigenvalue weighted by atomic mass is 16.4. The molecule has 2 heterocycles. The van der Waals surface area contributed by atoms with E-state index in [1.165, 1.54) is 16.8 Å². The molecule has 0 unspecified atom stereocenters. The molecule has 1 atom stereocenters. The Morgan fingerprint density at radius 3 is 2.75 bits per heavy atom. The van der Waals surface area contributed by atoms with Crippen LogP contribution in [0.5, 0.6) is 0 Å². The number of carboxylic acids is 1. The van der Waals surface area contributed by atoms with E-state index in [1.807, 2.05) is 6.07 Å². The Balaban J connectivity index is 1.60. The van der Waals surface area contributed by atoms with Gasteiger partial charge in [-0.25, -0.2) is 4.98 Å². The zero-order chi connectivity index (χ0) is 19.3. The van der Waals surface area contributed by atoms with Crippen molar-refractivity contribution in [1.82, 2.24) is 9.55 Å². The number of rotatable bonds is 4. The maximum absolute atomic E-state index is 11.3. The van der Waals surface area contributed by atoms with Crippen molar-refractivity contribution in [1.29, 1.82) is 0 Å². The van der Waals surface area contributed by atoms with Gasteiger partial charge < -0.3 is 15.0 Å². The van der Waals surface area contributed by atoms with Crippen LogP contribution in [0.25, 0.3) is 11.0 Å². The smallest absolute Gasteiger partial charge is 0.306 e. The summed E-state index contributed by atoms with van der Waals surface area (Å²) in [6.45, 7) is 2.22. The molecule has 2 aliphatic rings. The fourth-order valence-corrected chi connectivity index (χ4v) is 4.66. The van der Waals surface area contributed by atoms with E-state index in [2.05, 4.69) is 53.2 Å². The van der Waals surface area contributed by atoms with Crippen LogP contribution < -0.4 is 5.32 Å². The monoisotopic (exact) mass is 375 g/mol. The van der Waals surface area contributed by atoms with Crippen molar-refractivity contribution in [3.8, 4) is 0 Å². The average molecular weight is 375 g/mol. The molecule has 1 saturated carbocycles. The van der Waals surface area contributed by atoms with Gasteiger partial charge in [-0.3, -0.25) is 4.79 Å². The van der Waals surface area contributed by atoms with Gasteiger partial charge in [0, 0.05) is 29.8 Å². The molecule has 1 aliphatic carbocycles. The summed E-state index contributed by atoms with van der Waals surface area (Å²) in [7, 11) is 0. The first-order valence-corrected chi connectivity index (χ1v) is 10.2. The zero-order valence-electron chi connectivity index (χ0n) is 16.1. The molecule has 5 nitrogen and oxygen atoms in total. The van der Waals surface area contributed by atoms with Gasteiger partial charge in [-0.2, -0.15) is 0 Å². The molecule has 0 amide bonds. The molecule has 2 aromatic carbocycles. The summed E-state index contributed by atoms with van der Waals surface area (Å²) in [5.74, 6) is 0.134. The maximum atomic E-state index is 11.3. The standard InChI is InChI=1S/C23H25N3O2/c1-14-7-8-18-19(24-14)9-10-20-22(18)25-21(11-15-5-3-2-4-6-15)26(20)17-12-16(13-17)23(27)28/h2-6,9-10,14,16-17,24H,7-8,11-13H2,1H3,(H,27,28)/t14-,16?,17?/m0/s1. The number of imidazole rings is 1. The van der Waals surface area contributed by atoms with E-state index in [9.17, 15) is 9.90 Å². The topological polar surface area (TPSA) is 67.2 Å². The fourth-order valence-electron chi connectivity index (χ4n) is 4.66. The number of hydrogen-bond acceptors (Lipinski definition) is 3. The SMILES string of the molecule is C[C@H]1CCc2c(ccc3c2nc(Cc2ccccc2)n3C2CC(C(=O)O)C2)N1. The first-order valence-electron chi connectivity index (χ1n) is 10.2. The predicted molar refractivity (Wildman–Crippen MR) is 110 cm³/mol. The van der Waals surface area contributed by atoms with Crippen LogP contribution in [0.4, 0.5) is 5.69 Å². The van der Waals surface area contributed by atoms with Crippen LogP contribution in [0.2, 0.25) is 0 Å². The van der Waals surface area contributed by atoms with Crippen LogP contribution >= 0.6 is 0 Å². The van der Waals surface area contributed by atoms with Crippen LogP contribution in [0.15, 0.2) is 42.5 Å². The number of carboxylic acid groups (broad SMARTS) is 1. The normalized spacial score (nSPS) is 23.7. The Morgan fingerprint density at radius 2 is 2.00 bits per heavy atom. The number of nitrogens with one attached hydrogen (secondary N) is 1. The number of carbonyl (C=O) groups is 1. The number of aryl methyl sites for hydroxylation is 1. The highest BCUT2D eigenvalue weighted by Crippen LogP contribution is 2.42. The lowest BCUT2D eigenvalue weighted by Crippen LogP contribution is -2.33. The average Bonchev–Trinajstić information content (AvgIpc) is 2.99. The first kappa shape index (κ1) is 17.3. The van der Waals surface area contributed by atoms with E-state index < -0.39 is 5.97 Å². The number of hydrogen-bond donors (Lipinski definition) is 2. The number of aliphatic carboxylic acids is 1. The molecule has 28 heavy (non-hydrogen) atoms. The lowest BCUT2D eigenvalue weighted by molar-refractivity contribution is -0.145. The molecule has 2 N–H and O–H groups in total. The molecule has 3 aromatic rings. The van der Waals surface area contributed by atoms with Crippen molar-refractivity contribution in [3.05, 3.63) is 59.4 Å². The van der Waals surface area contributed by atoms with E-state index in [1.54, 1.807) is 0 Å². The number of fused-ring (bicyclic) bond motifs is 3. The van der Waals surface area contributed by atoms with Crippen LogP contribution in [-0.2, 0) is 17.6 Å². The van der Waals surface area contributed by atoms with Gasteiger partial charge in [0.25, 0.3) is 0 Å². The van der Waals surface area contributed by atoms with Gasteiger partial charge in [-0.15, -0.1) is 0 Å². The van der Waals surface area contributed by atoms with Crippen molar-refractivity contribution in [2.75, 3.05) is 5.32 Å². The Hall–Kier alpha value is -2.82. The van der Waals surface area contributed by atoms with Crippen molar-refractivity contribution >= 4 is 22.7 Å². The lowest BCUT2D eigenvalue weighted by atomic mass is 9.80. The summed E-state index contributed by atoms with van der Waals surface area (Å²) < 4.78 is 2.32. The number of nitrogens with zero attached hydrogens (tertiary/aromatic N) is 2. The summed E-state index contributed by atoms with van der Waals surface area (Å²) in [5.41, 5.74) is 5.96. The minimum Gasteiger partial charge on any atom is -0.481 e. The third-order valence-corrected chi connectivity index (χ3v) is 6.30. The summed E-state index contributed by atoms with van der Waals surface area (Å²) in [6, 6.07) is 15.4. The molecule has 0 saturated heterocycles. The Kier molecular flexibility index (Phi) is 4.11. The second-order valence-corrected chi connectivity index (χ2v) is 8.26. The zero-order valence-corrected chi connectivity index (χ0v) is 16.1. The van der Waals surface area contributed by atoms with Gasteiger partial charge in [-0.05, 0) is 50.3 Å². The largest absolute Gasteiger partial charge is 0.481 e. The van der Waals surface area contributed by atoms with E-state index in [-0.39, 0.29) is 12.0 Å². The number of anilines is 1. The minimum absolute atomic E-state index is 0.221. The second-order valence-electron chi connectivity index (χ2n) is 8.26. The summed E-state index contributed by atoms with van der Waals surface area (Å²) >= 11 is 0. The molecule has 144 valence electrons. The third kappa shape index (κ3) is 2.86. The van der Waals surface area contributed by atoms with E-state index in [0.29, 0.717) is 18.9 Å². The number of aromatic nitrogens is 2. The van der Waals surface area contributed by atoms with Gasteiger partial charge in [0.05, 0.1) is 17.0 Å². The molecule has 1 aromatic heterocycles. The molecule has 1 aliphatic heterocycles. The Labute approximate surface area is 164 Å². The van der Waals surface area contributed by atoms with E-state index in [0.717, 1.165) is 36.1 Å². The van der Waals surface area contributed by atoms with Gasteiger partial charge in [0.15, 0.2) is 0 Å². The quantitative estimate of drug-likeness (QED) is 0.709. The summed E-state index contributed by atoms with van der Waals surface area (Å²) in [5, 5.41) is 12.9. The van der Waals surface area contributed by atoms with E-state index in [4.69, 9.17) is 4.98 Å². The van der Waals surface area contributed by atoms with Gasteiger partial charge in [0.2, 0.25) is 0 Å². The van der Waals surface area contributed by atoms with Crippen LogP contribution in [0.3, 0.4) is 0 Å². The highest BCUT2D eigenvalue weighted by molar-refractivity contribution is 5.86. The summed E-state index contributed by atoms with van der Waals surface area (Å²) in [4.78, 5) is 16.4. The molecule has 5 heteroatoms. The molecule has 5 rings (SSSR count). The van der Waals surface area contributed by atoms with E-state index >= 15 is 0 Å². The van der Waals surface area contributed by atoms with Crippen LogP contribution in [0, 0.1) is 5.92 Å². The van der Waals surface area contributed by atoms with Gasteiger partial charge in [0.1, 0.15) is 5.82 Å². The molecule has 0 spiro atoms. The molecule has 0 bridgehead atoms. The van der Waals surface area contributed by atoms with Crippen LogP contribution in [-0.4, -0.2) is 26.7 Å². The molecule has 0 radical (unpaired) electrons. The van der Waals surface area contributed by atoms with Crippen molar-refractivity contribution < 1.29 is 9.90 Å². The molecule has 1 fully saturated rings. The van der Waals surface area contributed by atoms with Gasteiger partial charge >= 0.3 is 5.97 Å². The first-order chi connectivity index (χ1) is 13.6. The fraction of sp³-hybridized carbons (Fsp3) is 0.391. The lowest BCUT2D eigenvalue weighted by Gasteiger charge is -2.35. The Morgan fingerprint density at radius 1 is 1.21 bits per heavy atom. The Bertz CT molecular complexity index is 1030. The molecular weight excluding hydrogens is 350 g/mol. The third-order valence-electron chi connectivity index (χ3n) is 6.30. The van der Waals surface area contributed by atoms with Crippen molar-refractivity contribution in [2.45, 2.75) is 51.1 Å². The van der Waals surface area contributed by atoms with Crippen molar-refractivity contribution in [2.24, 2.45) is 5.92 Å². The maximum Gasteiger partial charge on any atom is 0.306 e. The van der Waals surface area contributed by atoms with Gasteiger partial charge in [-0.1, -0.05) is 30.3 Å². The van der Waals surface area contributed by atoms with Crippen LogP contribution in [0.1, 0.15) is 49.2 Å². The second kappa shape index (κ2) is 6.66. The minimum atomic E-state index is -0.680. The predicted octanol–water partition coefficient (Wildman–Crippen LogP) is 4.41. The summed E-state index contributed by atoms with van der Waals surface area (Å²) in [6.07, 6.45) is 4.29. The number of benzene rings is 2. The highest BCUT2D eigenvalue weighted by Gasteiger charge is 2.37.